The van der Waals surface area contributed by atoms with E-state index in [1.807, 2.05) is 5.43 Å². The van der Waals surface area contributed by atoms with Crippen LogP contribution in [0.4, 0.5) is 0 Å². The summed E-state index contributed by atoms with van der Waals surface area (Å²) in [6.07, 6.45) is 1.33. The van der Waals surface area contributed by atoms with Gasteiger partial charge in [0.15, 0.2) is 0 Å². The van der Waals surface area contributed by atoms with Crippen LogP contribution in [0.25, 0.3) is 0 Å². The van der Waals surface area contributed by atoms with Crippen molar-refractivity contribution in [1.29, 1.82) is 10.8 Å². The van der Waals surface area contributed by atoms with E-state index in [0.717, 1.165) is 0 Å². The number of nitrogens with one attached hydrogen (secondary N) is 5. The van der Waals surface area contributed by atoms with Gasteiger partial charge in [0, 0.05) is 0 Å². The van der Waals surface area contributed by atoms with E-state index in [0.29, 0.717) is 5.71 Å². The van der Waals surface area contributed by atoms with Crippen LogP contribution in [0, 0.1) is 10.8 Å². The van der Waals surface area contributed by atoms with Crippen LogP contribution in [-0.2, 0) is 0 Å². The number of nitrogens with two attached hydrogens (primary N) is 2. The van der Waals surface area contributed by atoms with Gasteiger partial charge in [-0.25, -0.2) is 16.7 Å². The van der Waals surface area contributed by atoms with Crippen molar-refractivity contribution in [2.75, 3.05) is 0 Å². The van der Waals surface area contributed by atoms with Crippen LogP contribution in [0.1, 0.15) is 6.92 Å². The van der Waals surface area contributed by atoms with E-state index >= 15 is 0 Å². The molecule has 9 N–H and O–H groups in total. The van der Waals surface area contributed by atoms with Gasteiger partial charge in [-0.2, -0.15) is 10.2 Å². The second-order valence-corrected chi connectivity index (χ2v) is 2.17. The van der Waals surface area contributed by atoms with Gasteiger partial charge in [-0.1, -0.05) is 0 Å². The Morgan fingerprint density at radius 1 is 1.36 bits per heavy atom. The molecule has 0 saturated heterocycles. The molecule has 0 bridgehead atoms. The highest BCUT2D eigenvalue weighted by molar-refractivity contribution is 6.29. The van der Waals surface area contributed by atoms with Crippen molar-refractivity contribution < 1.29 is 0 Å². The molecule has 0 aliphatic heterocycles. The van der Waals surface area contributed by atoms with Crippen molar-refractivity contribution in [3.05, 3.63) is 0 Å². The second kappa shape index (κ2) is 6.37. The fourth-order valence-corrected chi connectivity index (χ4v) is 0.400. The molecule has 9 heteroatoms. The minimum Gasteiger partial charge on any atom is -0.369 e. The van der Waals surface area contributed by atoms with Crippen LogP contribution in [-0.4, -0.2) is 23.8 Å². The van der Waals surface area contributed by atoms with E-state index in [4.69, 9.17) is 22.4 Å². The second-order valence-electron chi connectivity index (χ2n) is 2.17. The molecule has 0 rings (SSSR count). The maximum absolute atomic E-state index is 7.01. The van der Waals surface area contributed by atoms with E-state index in [1.165, 1.54) is 6.21 Å². The third-order valence-corrected chi connectivity index (χ3v) is 0.925. The Bertz CT molecular complexity index is 264. The molecule has 0 unspecified atom stereocenters. The highest BCUT2D eigenvalue weighted by Gasteiger charge is 1.88. The summed E-state index contributed by atoms with van der Waals surface area (Å²) >= 11 is 0. The lowest BCUT2D eigenvalue weighted by atomic mass is 10.5. The molecule has 0 aliphatic rings. The van der Waals surface area contributed by atoms with Crippen molar-refractivity contribution in [2.45, 2.75) is 6.92 Å². The van der Waals surface area contributed by atoms with Crippen LogP contribution in [0.5, 0.6) is 0 Å². The summed E-state index contributed by atoms with van der Waals surface area (Å²) in [7, 11) is 0. The quantitative estimate of drug-likeness (QED) is 0.119. The summed E-state index contributed by atoms with van der Waals surface area (Å²) in [6.45, 7) is 1.64. The highest BCUT2D eigenvalue weighted by Crippen LogP contribution is 1.69. The molecule has 0 amide bonds. The van der Waals surface area contributed by atoms with E-state index in [9.17, 15) is 0 Å². The molecule has 0 fully saturated rings. The van der Waals surface area contributed by atoms with Gasteiger partial charge in [-0.05, 0) is 6.92 Å². The Hall–Kier alpha value is -2.16. The average molecular weight is 199 g/mol. The van der Waals surface area contributed by atoms with E-state index < -0.39 is 0 Å². The maximum atomic E-state index is 7.01. The largest absolute Gasteiger partial charge is 0.369 e. The zero-order chi connectivity index (χ0) is 11.0. The molecule has 0 aliphatic carbocycles. The molecule has 0 spiro atoms. The van der Waals surface area contributed by atoms with Crippen molar-refractivity contribution >= 4 is 23.8 Å². The SMILES string of the molecule is CC(C=NNC(=N)N)=NNC(=N)NN. The summed E-state index contributed by atoms with van der Waals surface area (Å²) in [4.78, 5) is 0. The van der Waals surface area contributed by atoms with Crippen LogP contribution >= 0.6 is 0 Å². The van der Waals surface area contributed by atoms with Crippen molar-refractivity contribution in [1.82, 2.24) is 16.3 Å². The average Bonchev–Trinajstić information content (AvgIpc) is 2.13. The van der Waals surface area contributed by atoms with Gasteiger partial charge < -0.3 is 5.73 Å². The molecule has 14 heavy (non-hydrogen) atoms. The van der Waals surface area contributed by atoms with Crippen LogP contribution < -0.4 is 27.9 Å². The number of rotatable bonds is 3. The minimum atomic E-state index is -0.265. The van der Waals surface area contributed by atoms with Gasteiger partial charge in [0.05, 0.1) is 11.9 Å². The van der Waals surface area contributed by atoms with Crippen LogP contribution in [0.15, 0.2) is 10.2 Å². The van der Waals surface area contributed by atoms with Crippen LogP contribution in [0.3, 0.4) is 0 Å². The number of hydrogen-bond donors (Lipinski definition) is 7. The van der Waals surface area contributed by atoms with Crippen molar-refractivity contribution in [2.24, 2.45) is 21.8 Å². The number of guanidine groups is 2. The smallest absolute Gasteiger partial charge is 0.223 e. The number of nitrogens with zero attached hydrogens (tertiary/aromatic N) is 2. The number of hydrazine groups is 1. The predicted molar refractivity (Wildman–Crippen MR) is 54.8 cm³/mol. The molecule has 0 aromatic carbocycles. The fourth-order valence-electron chi connectivity index (χ4n) is 0.400. The Morgan fingerprint density at radius 3 is 2.50 bits per heavy atom. The molecule has 0 heterocycles. The molecular formula is C5H13N9. The molecule has 78 valence electrons. The first-order chi connectivity index (χ1) is 6.56. The Balaban J connectivity index is 3.94. The van der Waals surface area contributed by atoms with E-state index in [1.54, 1.807) is 6.92 Å². The lowest BCUT2D eigenvalue weighted by Crippen LogP contribution is -2.38. The summed E-state index contributed by atoms with van der Waals surface area (Å²) in [5, 5.41) is 21.0. The Labute approximate surface area is 80.6 Å². The summed E-state index contributed by atoms with van der Waals surface area (Å²) in [5.41, 5.74) is 12.0. The zero-order valence-corrected chi connectivity index (χ0v) is 7.63. The summed E-state index contributed by atoms with van der Waals surface area (Å²) < 4.78 is 0. The predicted octanol–water partition coefficient (Wildman–Crippen LogP) is -2.18. The van der Waals surface area contributed by atoms with Gasteiger partial charge >= 0.3 is 0 Å². The van der Waals surface area contributed by atoms with Crippen molar-refractivity contribution in [3.8, 4) is 0 Å². The topological polar surface area (TPSA) is 161 Å². The molecule has 0 atom stereocenters. The molecule has 0 radical (unpaired) electrons. The summed E-state index contributed by atoms with van der Waals surface area (Å²) in [6, 6.07) is 0. The minimum absolute atomic E-state index is 0.141. The van der Waals surface area contributed by atoms with E-state index in [-0.39, 0.29) is 11.9 Å². The van der Waals surface area contributed by atoms with Gasteiger partial charge in [0.1, 0.15) is 0 Å². The van der Waals surface area contributed by atoms with Crippen LogP contribution in [0.2, 0.25) is 0 Å². The zero-order valence-electron chi connectivity index (χ0n) is 7.63. The standard InChI is InChI=1S/C5H13N9/c1-3(2-10-13-4(6)7)12-14-5(8)11-9/h2H,9H2,1H3,(H4,6,7,13)(H3,8,11,14). The first-order valence-electron chi connectivity index (χ1n) is 3.55. The Morgan fingerprint density at radius 2 is 2.00 bits per heavy atom. The normalized spacial score (nSPS) is 11.1. The van der Waals surface area contributed by atoms with Gasteiger partial charge in [-0.15, -0.1) is 0 Å². The first-order valence-corrected chi connectivity index (χ1v) is 3.55. The Kier molecular flexibility index (Phi) is 5.38. The number of hydrogen-bond acceptors (Lipinski definition) is 5. The van der Waals surface area contributed by atoms with E-state index in [2.05, 4.69) is 21.1 Å². The maximum Gasteiger partial charge on any atom is 0.223 e. The van der Waals surface area contributed by atoms with Gasteiger partial charge in [0.25, 0.3) is 0 Å². The third kappa shape index (κ3) is 6.54. The van der Waals surface area contributed by atoms with Gasteiger partial charge in [0.2, 0.25) is 11.9 Å². The fraction of sp³-hybridized carbons (Fsp3) is 0.200. The third-order valence-electron chi connectivity index (χ3n) is 0.925. The number of hydrazone groups is 2. The molecule has 9 nitrogen and oxygen atoms in total. The first kappa shape index (κ1) is 11.8. The highest BCUT2D eigenvalue weighted by atomic mass is 15.4. The molecule has 0 saturated carbocycles. The molecule has 0 aromatic rings. The summed E-state index contributed by atoms with van der Waals surface area (Å²) in [5.74, 6) is 4.49. The molecular weight excluding hydrogens is 186 g/mol. The lowest BCUT2D eigenvalue weighted by Gasteiger charge is -2.00. The van der Waals surface area contributed by atoms with Gasteiger partial charge in [-0.3, -0.25) is 16.2 Å². The lowest BCUT2D eigenvalue weighted by molar-refractivity contribution is 0.886. The monoisotopic (exact) mass is 199 g/mol. The van der Waals surface area contributed by atoms with Crippen molar-refractivity contribution in [3.63, 3.8) is 0 Å². The molecule has 0 aromatic heterocycles.